The SMILES string of the molecule is CCC1C(=O)NCC(=O)N1C1CCCC(C)C1C. The second-order valence-corrected chi connectivity index (χ2v) is 5.78. The van der Waals surface area contributed by atoms with Gasteiger partial charge < -0.3 is 10.2 Å². The molecule has 2 amide bonds. The summed E-state index contributed by atoms with van der Waals surface area (Å²) in [5.41, 5.74) is 0. The first-order valence-electron chi connectivity index (χ1n) is 7.15. The molecule has 2 rings (SSSR count). The van der Waals surface area contributed by atoms with E-state index in [2.05, 4.69) is 19.2 Å². The molecule has 4 unspecified atom stereocenters. The molecule has 1 saturated heterocycles. The first-order valence-corrected chi connectivity index (χ1v) is 7.15. The fourth-order valence-electron chi connectivity index (χ4n) is 3.42. The zero-order valence-corrected chi connectivity index (χ0v) is 11.6. The largest absolute Gasteiger partial charge is 0.345 e. The van der Waals surface area contributed by atoms with Gasteiger partial charge in [-0.05, 0) is 24.7 Å². The minimum absolute atomic E-state index is 0.0162. The van der Waals surface area contributed by atoms with Crippen LogP contribution >= 0.6 is 0 Å². The third-order valence-corrected chi connectivity index (χ3v) is 4.75. The number of carbonyl (C=O) groups is 2. The maximum atomic E-state index is 12.2. The van der Waals surface area contributed by atoms with Gasteiger partial charge in [-0.3, -0.25) is 9.59 Å². The van der Waals surface area contributed by atoms with Gasteiger partial charge in [0, 0.05) is 6.04 Å². The van der Waals surface area contributed by atoms with Gasteiger partial charge in [-0.15, -0.1) is 0 Å². The number of carbonyl (C=O) groups excluding carboxylic acids is 2. The fourth-order valence-corrected chi connectivity index (χ4v) is 3.42. The van der Waals surface area contributed by atoms with Crippen LogP contribution in [0.15, 0.2) is 0 Å². The summed E-state index contributed by atoms with van der Waals surface area (Å²) < 4.78 is 0. The Morgan fingerprint density at radius 1 is 1.28 bits per heavy atom. The van der Waals surface area contributed by atoms with Crippen molar-refractivity contribution in [1.82, 2.24) is 10.2 Å². The predicted octanol–water partition coefficient (Wildman–Crippen LogP) is 1.55. The molecule has 18 heavy (non-hydrogen) atoms. The first kappa shape index (κ1) is 13.4. The van der Waals surface area contributed by atoms with Crippen LogP contribution in [0.1, 0.15) is 46.5 Å². The van der Waals surface area contributed by atoms with Crippen molar-refractivity contribution in [3.8, 4) is 0 Å². The molecular weight excluding hydrogens is 228 g/mol. The van der Waals surface area contributed by atoms with E-state index in [1.807, 2.05) is 11.8 Å². The lowest BCUT2D eigenvalue weighted by molar-refractivity contribution is -0.151. The van der Waals surface area contributed by atoms with Gasteiger partial charge in [-0.2, -0.15) is 0 Å². The number of nitrogens with one attached hydrogen (secondary N) is 1. The quantitative estimate of drug-likeness (QED) is 0.810. The van der Waals surface area contributed by atoms with Crippen molar-refractivity contribution in [2.45, 2.75) is 58.5 Å². The highest BCUT2D eigenvalue weighted by Crippen LogP contribution is 2.34. The van der Waals surface area contributed by atoms with E-state index in [0.29, 0.717) is 18.3 Å². The zero-order chi connectivity index (χ0) is 13.3. The van der Waals surface area contributed by atoms with Crippen LogP contribution in [0.2, 0.25) is 0 Å². The first-order chi connectivity index (χ1) is 8.56. The lowest BCUT2D eigenvalue weighted by Crippen LogP contribution is -2.63. The molecule has 102 valence electrons. The van der Waals surface area contributed by atoms with Crippen molar-refractivity contribution in [3.05, 3.63) is 0 Å². The number of hydrogen-bond donors (Lipinski definition) is 1. The van der Waals surface area contributed by atoms with Crippen molar-refractivity contribution in [3.63, 3.8) is 0 Å². The molecule has 0 spiro atoms. The van der Waals surface area contributed by atoms with E-state index in [4.69, 9.17) is 0 Å². The van der Waals surface area contributed by atoms with E-state index in [1.165, 1.54) is 6.42 Å². The smallest absolute Gasteiger partial charge is 0.243 e. The van der Waals surface area contributed by atoms with Crippen molar-refractivity contribution >= 4 is 11.8 Å². The molecule has 1 saturated carbocycles. The predicted molar refractivity (Wildman–Crippen MR) is 69.9 cm³/mol. The average molecular weight is 252 g/mol. The molecule has 0 aromatic carbocycles. The molecule has 4 atom stereocenters. The Morgan fingerprint density at radius 3 is 2.67 bits per heavy atom. The molecule has 4 nitrogen and oxygen atoms in total. The minimum atomic E-state index is -0.260. The van der Waals surface area contributed by atoms with Crippen LogP contribution in [0.25, 0.3) is 0 Å². The molecule has 0 aromatic heterocycles. The van der Waals surface area contributed by atoms with E-state index >= 15 is 0 Å². The Labute approximate surface area is 109 Å². The van der Waals surface area contributed by atoms with Gasteiger partial charge in [0.25, 0.3) is 0 Å². The van der Waals surface area contributed by atoms with Gasteiger partial charge in [-0.1, -0.05) is 33.6 Å². The number of nitrogens with zero attached hydrogens (tertiary/aromatic N) is 1. The molecular formula is C14H24N2O2. The van der Waals surface area contributed by atoms with Gasteiger partial charge in [0.2, 0.25) is 11.8 Å². The second-order valence-electron chi connectivity index (χ2n) is 5.78. The number of amides is 2. The molecule has 2 aliphatic rings. The molecule has 0 radical (unpaired) electrons. The lowest BCUT2D eigenvalue weighted by Gasteiger charge is -2.46. The molecule has 1 aliphatic heterocycles. The second kappa shape index (κ2) is 5.29. The van der Waals surface area contributed by atoms with Crippen molar-refractivity contribution in [1.29, 1.82) is 0 Å². The minimum Gasteiger partial charge on any atom is -0.345 e. The van der Waals surface area contributed by atoms with E-state index in [0.717, 1.165) is 12.8 Å². The highest BCUT2D eigenvalue weighted by molar-refractivity contribution is 5.95. The third kappa shape index (κ3) is 2.25. The van der Waals surface area contributed by atoms with Crippen LogP contribution in [0.5, 0.6) is 0 Å². The normalized spacial score (nSPS) is 37.6. The van der Waals surface area contributed by atoms with Crippen LogP contribution in [-0.2, 0) is 9.59 Å². The highest BCUT2D eigenvalue weighted by Gasteiger charge is 2.41. The summed E-state index contributed by atoms with van der Waals surface area (Å²) in [4.78, 5) is 26.0. The standard InChI is InChI=1S/C14H24N2O2/c1-4-11-14(18)15-8-13(17)16(11)12-7-5-6-9(2)10(12)3/h9-12H,4-8H2,1-3H3,(H,15,18). The summed E-state index contributed by atoms with van der Waals surface area (Å²) in [6.45, 7) is 6.63. The zero-order valence-electron chi connectivity index (χ0n) is 11.6. The van der Waals surface area contributed by atoms with Crippen molar-refractivity contribution in [2.24, 2.45) is 11.8 Å². The van der Waals surface area contributed by atoms with Crippen LogP contribution < -0.4 is 5.32 Å². The molecule has 1 aliphatic carbocycles. The molecule has 2 fully saturated rings. The maximum absolute atomic E-state index is 12.2. The van der Waals surface area contributed by atoms with Crippen LogP contribution in [0.3, 0.4) is 0 Å². The van der Waals surface area contributed by atoms with Gasteiger partial charge in [0.1, 0.15) is 6.04 Å². The van der Waals surface area contributed by atoms with Crippen molar-refractivity contribution < 1.29 is 9.59 Å². The topological polar surface area (TPSA) is 49.4 Å². The van der Waals surface area contributed by atoms with E-state index in [9.17, 15) is 9.59 Å². The lowest BCUT2D eigenvalue weighted by atomic mass is 9.76. The Kier molecular flexibility index (Phi) is 3.93. The summed E-state index contributed by atoms with van der Waals surface area (Å²) in [6.07, 6.45) is 4.15. The Hall–Kier alpha value is -1.06. The van der Waals surface area contributed by atoms with Crippen LogP contribution in [0.4, 0.5) is 0 Å². The average Bonchev–Trinajstić information content (AvgIpc) is 2.36. The number of hydrogen-bond acceptors (Lipinski definition) is 2. The molecule has 0 aromatic rings. The Morgan fingerprint density at radius 2 is 2.00 bits per heavy atom. The maximum Gasteiger partial charge on any atom is 0.243 e. The summed E-state index contributed by atoms with van der Waals surface area (Å²) in [7, 11) is 0. The third-order valence-electron chi connectivity index (χ3n) is 4.75. The Bertz CT molecular complexity index is 343. The number of rotatable bonds is 2. The van der Waals surface area contributed by atoms with E-state index < -0.39 is 0 Å². The summed E-state index contributed by atoms with van der Waals surface area (Å²) in [5, 5.41) is 2.70. The van der Waals surface area contributed by atoms with Gasteiger partial charge >= 0.3 is 0 Å². The van der Waals surface area contributed by atoms with E-state index in [-0.39, 0.29) is 30.4 Å². The van der Waals surface area contributed by atoms with Gasteiger partial charge in [-0.25, -0.2) is 0 Å². The molecule has 1 heterocycles. The van der Waals surface area contributed by atoms with Gasteiger partial charge in [0.15, 0.2) is 0 Å². The summed E-state index contributed by atoms with van der Waals surface area (Å²) in [5.74, 6) is 1.23. The molecule has 0 bridgehead atoms. The van der Waals surface area contributed by atoms with Crippen LogP contribution in [-0.4, -0.2) is 35.3 Å². The Balaban J connectivity index is 2.22. The highest BCUT2D eigenvalue weighted by atomic mass is 16.2. The number of piperazine rings is 1. The van der Waals surface area contributed by atoms with Crippen molar-refractivity contribution in [2.75, 3.05) is 6.54 Å². The van der Waals surface area contributed by atoms with E-state index in [1.54, 1.807) is 0 Å². The summed E-state index contributed by atoms with van der Waals surface area (Å²) >= 11 is 0. The fraction of sp³-hybridized carbons (Fsp3) is 0.857. The monoisotopic (exact) mass is 252 g/mol. The molecule has 1 N–H and O–H groups in total. The summed E-state index contributed by atoms with van der Waals surface area (Å²) in [6, 6.07) is -0.0127. The van der Waals surface area contributed by atoms with Crippen LogP contribution in [0, 0.1) is 11.8 Å². The molecule has 4 heteroatoms. The van der Waals surface area contributed by atoms with Gasteiger partial charge in [0.05, 0.1) is 6.54 Å².